The SMILES string of the molecule is O=C(OCCCN1C(=O)c2ccccc2C1=O)c1ccc(Cl)c(Cl)c1. The van der Waals surface area contributed by atoms with E-state index in [4.69, 9.17) is 27.9 Å². The standard InChI is InChI=1S/C18H13Cl2NO4/c19-14-7-6-11(10-15(14)20)18(24)25-9-3-8-21-16(22)12-4-1-2-5-13(12)17(21)23/h1-2,4-7,10H,3,8-9H2. The van der Waals surface area contributed by atoms with Crippen LogP contribution in [0.25, 0.3) is 0 Å². The molecular formula is C18H13Cl2NO4. The van der Waals surface area contributed by atoms with Gasteiger partial charge in [-0.05, 0) is 36.8 Å². The molecule has 7 heteroatoms. The third-order valence-electron chi connectivity index (χ3n) is 3.79. The molecule has 1 aliphatic heterocycles. The fourth-order valence-electron chi connectivity index (χ4n) is 2.54. The zero-order chi connectivity index (χ0) is 18.0. The highest BCUT2D eigenvalue weighted by Gasteiger charge is 2.34. The molecule has 0 aromatic heterocycles. The van der Waals surface area contributed by atoms with Gasteiger partial charge in [0, 0.05) is 6.54 Å². The topological polar surface area (TPSA) is 63.7 Å². The maximum atomic E-state index is 12.2. The van der Waals surface area contributed by atoms with E-state index in [1.54, 1.807) is 24.3 Å². The number of rotatable bonds is 5. The maximum Gasteiger partial charge on any atom is 0.338 e. The molecule has 1 heterocycles. The van der Waals surface area contributed by atoms with Crippen molar-refractivity contribution >= 4 is 41.0 Å². The highest BCUT2D eigenvalue weighted by molar-refractivity contribution is 6.42. The van der Waals surface area contributed by atoms with E-state index in [1.165, 1.54) is 18.2 Å². The zero-order valence-electron chi connectivity index (χ0n) is 13.0. The minimum atomic E-state index is -0.541. The van der Waals surface area contributed by atoms with Crippen LogP contribution in [0.2, 0.25) is 10.0 Å². The van der Waals surface area contributed by atoms with Crippen molar-refractivity contribution in [3.8, 4) is 0 Å². The van der Waals surface area contributed by atoms with Crippen molar-refractivity contribution in [1.82, 2.24) is 4.90 Å². The quantitative estimate of drug-likeness (QED) is 0.451. The number of carbonyl (C=O) groups is 3. The first-order valence-corrected chi connectivity index (χ1v) is 8.32. The lowest BCUT2D eigenvalue weighted by atomic mass is 10.1. The van der Waals surface area contributed by atoms with Gasteiger partial charge in [0.15, 0.2) is 0 Å². The minimum absolute atomic E-state index is 0.0759. The summed E-state index contributed by atoms with van der Waals surface area (Å²) in [5, 5.41) is 0.617. The molecule has 0 radical (unpaired) electrons. The van der Waals surface area contributed by atoms with Gasteiger partial charge in [-0.3, -0.25) is 14.5 Å². The largest absolute Gasteiger partial charge is 0.462 e. The molecule has 3 rings (SSSR count). The second kappa shape index (κ2) is 7.25. The van der Waals surface area contributed by atoms with Gasteiger partial charge in [-0.15, -0.1) is 0 Å². The van der Waals surface area contributed by atoms with Gasteiger partial charge in [0.1, 0.15) is 0 Å². The van der Waals surface area contributed by atoms with Crippen molar-refractivity contribution < 1.29 is 19.1 Å². The van der Waals surface area contributed by atoms with Crippen LogP contribution in [0, 0.1) is 0 Å². The Balaban J connectivity index is 1.52. The summed E-state index contributed by atoms with van der Waals surface area (Å²) in [7, 11) is 0. The van der Waals surface area contributed by atoms with E-state index in [-0.39, 0.29) is 35.6 Å². The normalized spacial score (nSPS) is 13.1. The number of fused-ring (bicyclic) bond motifs is 1. The fourth-order valence-corrected chi connectivity index (χ4v) is 2.83. The van der Waals surface area contributed by atoms with E-state index in [1.807, 2.05) is 0 Å². The molecule has 0 spiro atoms. The van der Waals surface area contributed by atoms with Gasteiger partial charge in [-0.25, -0.2) is 4.79 Å². The molecule has 0 aliphatic carbocycles. The number of carbonyl (C=O) groups excluding carboxylic acids is 3. The van der Waals surface area contributed by atoms with Crippen LogP contribution < -0.4 is 0 Å². The molecule has 0 fully saturated rings. The van der Waals surface area contributed by atoms with Crippen LogP contribution in [0.1, 0.15) is 37.5 Å². The summed E-state index contributed by atoms with van der Waals surface area (Å²) in [5.74, 6) is -1.19. The molecule has 0 saturated carbocycles. The number of hydrogen-bond donors (Lipinski definition) is 0. The number of ether oxygens (including phenoxy) is 1. The van der Waals surface area contributed by atoms with E-state index in [9.17, 15) is 14.4 Å². The van der Waals surface area contributed by atoms with E-state index in [0.717, 1.165) is 4.90 Å². The van der Waals surface area contributed by atoms with Crippen LogP contribution in [0.4, 0.5) is 0 Å². The van der Waals surface area contributed by atoms with Gasteiger partial charge >= 0.3 is 5.97 Å². The highest BCUT2D eigenvalue weighted by atomic mass is 35.5. The smallest absolute Gasteiger partial charge is 0.338 e. The van der Waals surface area contributed by atoms with Gasteiger partial charge in [-0.1, -0.05) is 35.3 Å². The Morgan fingerprint density at radius 2 is 1.60 bits per heavy atom. The molecule has 5 nitrogen and oxygen atoms in total. The molecule has 0 N–H and O–H groups in total. The number of benzene rings is 2. The van der Waals surface area contributed by atoms with E-state index in [2.05, 4.69) is 0 Å². The predicted molar refractivity (Wildman–Crippen MR) is 93.2 cm³/mol. The third-order valence-corrected chi connectivity index (χ3v) is 4.53. The molecular weight excluding hydrogens is 365 g/mol. The number of halogens is 2. The number of amides is 2. The third kappa shape index (κ3) is 3.52. The summed E-state index contributed by atoms with van der Waals surface area (Å²) in [6.07, 6.45) is 0.346. The average molecular weight is 378 g/mol. The van der Waals surface area contributed by atoms with Crippen LogP contribution in [-0.4, -0.2) is 35.8 Å². The zero-order valence-corrected chi connectivity index (χ0v) is 14.5. The highest BCUT2D eigenvalue weighted by Crippen LogP contribution is 2.24. The number of hydrogen-bond acceptors (Lipinski definition) is 4. The Hall–Kier alpha value is -2.37. The van der Waals surface area contributed by atoms with Gasteiger partial charge in [-0.2, -0.15) is 0 Å². The summed E-state index contributed by atoms with van der Waals surface area (Å²) < 4.78 is 5.14. The molecule has 2 aromatic rings. The Morgan fingerprint density at radius 1 is 0.960 bits per heavy atom. The van der Waals surface area contributed by atoms with Crippen LogP contribution in [0.5, 0.6) is 0 Å². The van der Waals surface area contributed by atoms with Crippen LogP contribution >= 0.6 is 23.2 Å². The first-order valence-electron chi connectivity index (χ1n) is 7.56. The van der Waals surface area contributed by atoms with Crippen molar-refractivity contribution in [3.63, 3.8) is 0 Å². The Kier molecular flexibility index (Phi) is 5.06. The van der Waals surface area contributed by atoms with Gasteiger partial charge in [0.05, 0.1) is 33.3 Å². The van der Waals surface area contributed by atoms with Crippen LogP contribution in [-0.2, 0) is 4.74 Å². The first-order chi connectivity index (χ1) is 12.0. The number of nitrogens with zero attached hydrogens (tertiary/aromatic N) is 1. The van der Waals surface area contributed by atoms with Gasteiger partial charge in [0.25, 0.3) is 11.8 Å². The average Bonchev–Trinajstić information content (AvgIpc) is 2.85. The Labute approximate surface area is 154 Å². The van der Waals surface area contributed by atoms with E-state index < -0.39 is 5.97 Å². The van der Waals surface area contributed by atoms with Crippen LogP contribution in [0.3, 0.4) is 0 Å². The maximum absolute atomic E-state index is 12.2. The number of esters is 1. The van der Waals surface area contributed by atoms with Gasteiger partial charge in [0.2, 0.25) is 0 Å². The summed E-state index contributed by atoms with van der Waals surface area (Å²) in [6, 6.07) is 11.1. The Bertz CT molecular complexity index is 831. The molecule has 0 unspecified atom stereocenters. The minimum Gasteiger partial charge on any atom is -0.462 e. The summed E-state index contributed by atoms with van der Waals surface area (Å²) >= 11 is 11.7. The lowest BCUT2D eigenvalue weighted by Gasteiger charge is -2.13. The van der Waals surface area contributed by atoms with Crippen molar-refractivity contribution in [1.29, 1.82) is 0 Å². The summed E-state index contributed by atoms with van der Waals surface area (Å²) in [5.41, 5.74) is 1.09. The molecule has 0 bridgehead atoms. The van der Waals surface area contributed by atoms with Crippen LogP contribution in [0.15, 0.2) is 42.5 Å². The van der Waals surface area contributed by atoms with Crippen molar-refractivity contribution in [2.75, 3.05) is 13.2 Å². The molecule has 1 aliphatic rings. The lowest BCUT2D eigenvalue weighted by Crippen LogP contribution is -2.31. The predicted octanol–water partition coefficient (Wildman–Crippen LogP) is 3.84. The molecule has 0 saturated heterocycles. The van der Waals surface area contributed by atoms with Crippen molar-refractivity contribution in [2.24, 2.45) is 0 Å². The van der Waals surface area contributed by atoms with Gasteiger partial charge < -0.3 is 4.74 Å². The summed E-state index contributed by atoms with van der Waals surface area (Å²) in [4.78, 5) is 37.5. The number of imide groups is 1. The van der Waals surface area contributed by atoms with E-state index in [0.29, 0.717) is 22.6 Å². The monoisotopic (exact) mass is 377 g/mol. The summed E-state index contributed by atoms with van der Waals surface area (Å²) in [6.45, 7) is 0.257. The van der Waals surface area contributed by atoms with Crippen molar-refractivity contribution in [2.45, 2.75) is 6.42 Å². The van der Waals surface area contributed by atoms with Crippen molar-refractivity contribution in [3.05, 3.63) is 69.2 Å². The fraction of sp³-hybridized carbons (Fsp3) is 0.167. The molecule has 2 aromatic carbocycles. The molecule has 25 heavy (non-hydrogen) atoms. The van der Waals surface area contributed by atoms with E-state index >= 15 is 0 Å². The molecule has 0 atom stereocenters. The second-order valence-corrected chi connectivity index (χ2v) is 6.24. The molecule has 2 amide bonds. The molecule has 128 valence electrons. The second-order valence-electron chi connectivity index (χ2n) is 5.43. The Morgan fingerprint density at radius 3 is 2.20 bits per heavy atom. The lowest BCUT2D eigenvalue weighted by molar-refractivity contribution is 0.0482. The first kappa shape index (κ1) is 17.5.